The molecule has 0 saturated heterocycles. The fourth-order valence-corrected chi connectivity index (χ4v) is 2.94. The second-order valence-electron chi connectivity index (χ2n) is 6.49. The first-order chi connectivity index (χ1) is 12.0. The van der Waals surface area contributed by atoms with Crippen molar-refractivity contribution in [1.82, 2.24) is 9.97 Å². The van der Waals surface area contributed by atoms with Gasteiger partial charge in [-0.15, -0.1) is 0 Å². The van der Waals surface area contributed by atoms with Gasteiger partial charge in [0, 0.05) is 31.6 Å². The number of hydrogen-bond acceptors (Lipinski definition) is 6. The summed E-state index contributed by atoms with van der Waals surface area (Å²) in [4.78, 5) is 10.6. The molecule has 0 unspecified atom stereocenters. The number of nitrogens with zero attached hydrogens (tertiary/aromatic N) is 3. The molecule has 7 heteroatoms. The van der Waals surface area contributed by atoms with Crippen LogP contribution in [0.4, 0.5) is 16.2 Å². The van der Waals surface area contributed by atoms with E-state index in [9.17, 15) is 4.39 Å². The largest absolute Gasteiger partial charge is 0.490 e. The van der Waals surface area contributed by atoms with Crippen LogP contribution in [-0.2, 0) is 0 Å². The highest BCUT2D eigenvalue weighted by atomic mass is 19.1. The van der Waals surface area contributed by atoms with E-state index >= 15 is 0 Å². The number of halogens is 1. The van der Waals surface area contributed by atoms with E-state index in [-0.39, 0.29) is 23.6 Å². The van der Waals surface area contributed by atoms with Gasteiger partial charge in [-0.05, 0) is 31.4 Å². The van der Waals surface area contributed by atoms with Crippen molar-refractivity contribution < 1.29 is 9.13 Å². The van der Waals surface area contributed by atoms with Gasteiger partial charge in [-0.3, -0.25) is 0 Å². The Hall–Kier alpha value is -2.41. The van der Waals surface area contributed by atoms with Crippen LogP contribution in [0.5, 0.6) is 5.75 Å². The fourth-order valence-electron chi connectivity index (χ4n) is 2.94. The Morgan fingerprint density at radius 1 is 1.28 bits per heavy atom. The van der Waals surface area contributed by atoms with Crippen molar-refractivity contribution in [2.45, 2.75) is 31.2 Å². The molecular formula is C18H24FN5O. The normalized spacial score (nSPS) is 19.3. The molecule has 0 amide bonds. The summed E-state index contributed by atoms with van der Waals surface area (Å²) >= 11 is 0. The van der Waals surface area contributed by atoms with E-state index in [0.29, 0.717) is 19.1 Å². The predicted molar refractivity (Wildman–Crippen MR) is 96.2 cm³/mol. The van der Waals surface area contributed by atoms with Crippen molar-refractivity contribution in [1.29, 1.82) is 0 Å². The Labute approximate surface area is 147 Å². The lowest BCUT2D eigenvalue weighted by atomic mass is 9.78. The van der Waals surface area contributed by atoms with E-state index in [1.54, 1.807) is 18.2 Å². The Bertz CT molecular complexity index is 720. The van der Waals surface area contributed by atoms with Gasteiger partial charge in [0.2, 0.25) is 5.95 Å². The first-order valence-electron chi connectivity index (χ1n) is 8.51. The molecular weight excluding hydrogens is 321 g/mol. The lowest BCUT2D eigenvalue weighted by Gasteiger charge is -2.32. The minimum Gasteiger partial charge on any atom is -0.490 e. The van der Waals surface area contributed by atoms with E-state index in [1.807, 2.05) is 18.0 Å². The third kappa shape index (κ3) is 4.36. The molecule has 4 N–H and O–H groups in total. The van der Waals surface area contributed by atoms with Crippen LogP contribution < -0.4 is 21.1 Å². The lowest BCUT2D eigenvalue weighted by molar-refractivity contribution is 0.297. The Balaban J connectivity index is 1.52. The maximum absolute atomic E-state index is 13.5. The summed E-state index contributed by atoms with van der Waals surface area (Å²) in [6.45, 7) is 1.14. The van der Waals surface area contributed by atoms with Crippen LogP contribution in [0.3, 0.4) is 0 Å². The average molecular weight is 345 g/mol. The monoisotopic (exact) mass is 345 g/mol. The van der Waals surface area contributed by atoms with Crippen LogP contribution in [-0.4, -0.2) is 36.2 Å². The molecule has 0 aliphatic heterocycles. The van der Waals surface area contributed by atoms with Gasteiger partial charge in [-0.2, -0.15) is 4.98 Å². The summed E-state index contributed by atoms with van der Waals surface area (Å²) in [7, 11) is 1.95. The van der Waals surface area contributed by atoms with Crippen LogP contribution in [0, 0.1) is 5.82 Å². The van der Waals surface area contributed by atoms with Crippen molar-refractivity contribution in [3.05, 3.63) is 41.8 Å². The zero-order valence-corrected chi connectivity index (χ0v) is 14.4. The zero-order chi connectivity index (χ0) is 17.8. The highest BCUT2D eigenvalue weighted by Crippen LogP contribution is 2.35. The molecule has 1 aliphatic rings. The standard InChI is InChI=1S/C18H24FN5O/c1-24(7-4-8-25-16-6-3-2-5-14(16)19)17-11-15(22-18(21)23-17)12-9-13(20)10-12/h2-3,5-6,11-13H,4,7-10,20H2,1H3,(H2,21,22,23). The maximum Gasteiger partial charge on any atom is 0.222 e. The van der Waals surface area contributed by atoms with Gasteiger partial charge in [0.05, 0.1) is 12.3 Å². The Kier molecular flexibility index (Phi) is 5.33. The number of para-hydroxylation sites is 1. The summed E-state index contributed by atoms with van der Waals surface area (Å²) < 4.78 is 19.0. The van der Waals surface area contributed by atoms with Crippen molar-refractivity contribution in [2.75, 3.05) is 30.8 Å². The van der Waals surface area contributed by atoms with Gasteiger partial charge in [-0.25, -0.2) is 9.37 Å². The maximum atomic E-state index is 13.5. The van der Waals surface area contributed by atoms with E-state index < -0.39 is 0 Å². The van der Waals surface area contributed by atoms with Crippen LogP contribution in [0.1, 0.15) is 30.9 Å². The molecule has 1 saturated carbocycles. The molecule has 6 nitrogen and oxygen atoms in total. The number of benzene rings is 1. The predicted octanol–water partition coefficient (Wildman–Crippen LogP) is 2.31. The van der Waals surface area contributed by atoms with Crippen LogP contribution in [0.25, 0.3) is 0 Å². The smallest absolute Gasteiger partial charge is 0.222 e. The molecule has 134 valence electrons. The summed E-state index contributed by atoms with van der Waals surface area (Å²) in [6, 6.07) is 8.64. The minimum atomic E-state index is -0.345. The summed E-state index contributed by atoms with van der Waals surface area (Å²) in [5.74, 6) is 1.37. The van der Waals surface area contributed by atoms with Gasteiger partial charge >= 0.3 is 0 Å². The number of hydrogen-bond donors (Lipinski definition) is 2. The molecule has 1 aliphatic carbocycles. The van der Waals surface area contributed by atoms with E-state index in [0.717, 1.165) is 30.8 Å². The molecule has 0 atom stereocenters. The summed E-state index contributed by atoms with van der Waals surface area (Å²) in [5, 5.41) is 0. The van der Waals surface area contributed by atoms with E-state index in [2.05, 4.69) is 9.97 Å². The van der Waals surface area contributed by atoms with Gasteiger partial charge in [0.1, 0.15) is 5.82 Å². The number of aromatic nitrogens is 2. The number of ether oxygens (including phenoxy) is 1. The van der Waals surface area contributed by atoms with Gasteiger partial charge in [-0.1, -0.05) is 12.1 Å². The van der Waals surface area contributed by atoms with Crippen molar-refractivity contribution in [3.8, 4) is 5.75 Å². The highest BCUT2D eigenvalue weighted by molar-refractivity contribution is 5.44. The SMILES string of the molecule is CN(CCCOc1ccccc1F)c1cc(C2CC(N)C2)nc(N)n1. The molecule has 25 heavy (non-hydrogen) atoms. The molecule has 1 aromatic carbocycles. The third-order valence-electron chi connectivity index (χ3n) is 4.47. The fraction of sp³-hybridized carbons (Fsp3) is 0.444. The van der Waals surface area contributed by atoms with Gasteiger partial charge < -0.3 is 21.1 Å². The molecule has 0 bridgehead atoms. The lowest BCUT2D eigenvalue weighted by Crippen LogP contribution is -2.35. The highest BCUT2D eigenvalue weighted by Gasteiger charge is 2.29. The number of anilines is 2. The van der Waals surface area contributed by atoms with Gasteiger partial charge in [0.25, 0.3) is 0 Å². The molecule has 1 aromatic heterocycles. The molecule has 0 spiro atoms. The topological polar surface area (TPSA) is 90.3 Å². The van der Waals surface area contributed by atoms with E-state index in [4.69, 9.17) is 16.2 Å². The van der Waals surface area contributed by atoms with E-state index in [1.165, 1.54) is 6.07 Å². The second kappa shape index (κ2) is 7.65. The average Bonchev–Trinajstić information content (AvgIpc) is 2.56. The van der Waals surface area contributed by atoms with Gasteiger partial charge in [0.15, 0.2) is 11.6 Å². The quantitative estimate of drug-likeness (QED) is 0.749. The van der Waals surface area contributed by atoms with Crippen molar-refractivity contribution in [3.63, 3.8) is 0 Å². The molecule has 3 rings (SSSR count). The second-order valence-corrected chi connectivity index (χ2v) is 6.49. The third-order valence-corrected chi connectivity index (χ3v) is 4.47. The minimum absolute atomic E-state index is 0.262. The zero-order valence-electron chi connectivity index (χ0n) is 14.4. The van der Waals surface area contributed by atoms with Crippen LogP contribution in [0.2, 0.25) is 0 Å². The molecule has 0 radical (unpaired) electrons. The summed E-state index contributed by atoms with van der Waals surface area (Å²) in [5.41, 5.74) is 12.7. The number of rotatable bonds is 7. The van der Waals surface area contributed by atoms with Crippen LogP contribution >= 0.6 is 0 Å². The van der Waals surface area contributed by atoms with Crippen molar-refractivity contribution >= 4 is 11.8 Å². The first kappa shape index (κ1) is 17.4. The molecule has 1 fully saturated rings. The first-order valence-corrected chi connectivity index (χ1v) is 8.51. The molecule has 1 heterocycles. The Morgan fingerprint density at radius 2 is 2.04 bits per heavy atom. The summed E-state index contributed by atoms with van der Waals surface area (Å²) in [6.07, 6.45) is 2.62. The van der Waals surface area contributed by atoms with Crippen molar-refractivity contribution in [2.24, 2.45) is 5.73 Å². The van der Waals surface area contributed by atoms with Crippen LogP contribution in [0.15, 0.2) is 30.3 Å². The molecule has 2 aromatic rings. The number of nitrogens with two attached hydrogens (primary N) is 2. The number of nitrogen functional groups attached to an aromatic ring is 1. The Morgan fingerprint density at radius 3 is 2.76 bits per heavy atom.